The Balaban J connectivity index is 1.37. The van der Waals surface area contributed by atoms with Crippen molar-refractivity contribution in [2.75, 3.05) is 25.6 Å². The van der Waals surface area contributed by atoms with Gasteiger partial charge in [0.1, 0.15) is 16.6 Å². The predicted octanol–water partition coefficient (Wildman–Crippen LogP) is 7.40. The average Bonchev–Trinajstić information content (AvgIpc) is 2.89. The Hall–Kier alpha value is -0.930. The molecule has 1 saturated heterocycles. The van der Waals surface area contributed by atoms with Gasteiger partial charge in [0.15, 0.2) is 0 Å². The normalized spacial score (nSPS) is 17.8. The highest BCUT2D eigenvalue weighted by Crippen LogP contribution is 2.29. The van der Waals surface area contributed by atoms with Crippen molar-refractivity contribution in [2.45, 2.75) is 108 Å². The molecule has 36 heavy (non-hydrogen) atoms. The summed E-state index contributed by atoms with van der Waals surface area (Å²) in [6.45, 7) is 3.13. The summed E-state index contributed by atoms with van der Waals surface area (Å²) in [6.07, 6.45) is 14.9. The third kappa shape index (κ3) is 16.0. The highest BCUT2D eigenvalue weighted by atomic mass is 33.1. The van der Waals surface area contributed by atoms with Crippen molar-refractivity contribution >= 4 is 33.2 Å². The van der Waals surface area contributed by atoms with Crippen LogP contribution in [0.25, 0.3) is 0 Å². The molecule has 0 radical (unpaired) electrons. The van der Waals surface area contributed by atoms with Crippen LogP contribution in [0.15, 0.2) is 29.4 Å². The SMILES string of the molecule is CCCCCCC(=O)CCCCCOC1OCC(CC(=O)CCCCCSSc2ccccn2)CO1. The van der Waals surface area contributed by atoms with Gasteiger partial charge < -0.3 is 14.2 Å². The van der Waals surface area contributed by atoms with Crippen molar-refractivity contribution in [1.29, 1.82) is 0 Å². The zero-order valence-electron chi connectivity index (χ0n) is 22.0. The first-order valence-corrected chi connectivity index (χ1v) is 16.1. The number of Topliss-reactive ketones (excluding diaryl/α,β-unsaturated/α-hetero) is 2. The monoisotopic (exact) mass is 539 g/mol. The molecule has 8 heteroatoms. The second kappa shape index (κ2) is 21.1. The third-order valence-electron chi connectivity index (χ3n) is 6.08. The molecule has 0 aromatic carbocycles. The predicted molar refractivity (Wildman–Crippen MR) is 148 cm³/mol. The first kappa shape index (κ1) is 31.3. The molecule has 0 unspecified atom stereocenters. The molecule has 2 heterocycles. The molecule has 6 nitrogen and oxygen atoms in total. The molecule has 1 aliphatic rings. The Bertz CT molecular complexity index is 698. The van der Waals surface area contributed by atoms with Crippen molar-refractivity contribution in [1.82, 2.24) is 4.98 Å². The maximum Gasteiger partial charge on any atom is 0.271 e. The van der Waals surface area contributed by atoms with Gasteiger partial charge in [0.25, 0.3) is 6.48 Å². The van der Waals surface area contributed by atoms with E-state index in [4.69, 9.17) is 14.2 Å². The molecule has 1 aliphatic heterocycles. The van der Waals surface area contributed by atoms with Crippen LogP contribution < -0.4 is 0 Å². The zero-order valence-corrected chi connectivity index (χ0v) is 23.6. The Morgan fingerprint density at radius 1 is 0.917 bits per heavy atom. The maximum atomic E-state index is 12.3. The summed E-state index contributed by atoms with van der Waals surface area (Å²) < 4.78 is 16.9. The van der Waals surface area contributed by atoms with Gasteiger partial charge in [-0.15, -0.1) is 0 Å². The number of ketones is 2. The number of carbonyl (C=O) groups excluding carboxylic acids is 2. The lowest BCUT2D eigenvalue weighted by molar-refractivity contribution is -0.322. The molecular weight excluding hydrogens is 494 g/mol. The zero-order chi connectivity index (χ0) is 25.7. The third-order valence-corrected chi connectivity index (χ3v) is 8.43. The number of rotatable bonds is 22. The molecule has 0 saturated carbocycles. The molecule has 0 spiro atoms. The minimum absolute atomic E-state index is 0.117. The summed E-state index contributed by atoms with van der Waals surface area (Å²) in [6, 6.07) is 5.95. The second-order valence-corrected chi connectivity index (χ2v) is 11.9. The number of pyridine rings is 1. The summed E-state index contributed by atoms with van der Waals surface area (Å²) in [5.74, 6) is 1.87. The van der Waals surface area contributed by atoms with Crippen LogP contribution in [0.2, 0.25) is 0 Å². The van der Waals surface area contributed by atoms with Gasteiger partial charge in [0.05, 0.1) is 19.8 Å². The van der Waals surface area contributed by atoms with Gasteiger partial charge in [0, 0.05) is 43.6 Å². The fourth-order valence-corrected chi connectivity index (χ4v) is 6.00. The van der Waals surface area contributed by atoms with Crippen molar-refractivity contribution in [3.05, 3.63) is 24.4 Å². The van der Waals surface area contributed by atoms with E-state index in [1.165, 1.54) is 19.3 Å². The van der Waals surface area contributed by atoms with E-state index in [0.29, 0.717) is 50.6 Å². The molecule has 1 fully saturated rings. The highest BCUT2D eigenvalue weighted by Gasteiger charge is 2.24. The number of ether oxygens (including phenoxy) is 3. The van der Waals surface area contributed by atoms with Crippen LogP contribution in [0.1, 0.15) is 96.8 Å². The molecule has 1 aromatic rings. The minimum atomic E-state index is -0.627. The Morgan fingerprint density at radius 2 is 1.61 bits per heavy atom. The molecule has 2 rings (SSSR count). The number of carbonyl (C=O) groups is 2. The van der Waals surface area contributed by atoms with E-state index in [-0.39, 0.29) is 5.92 Å². The standard InChI is InChI=1S/C28H45NO5S2/c1-2-3-4-7-14-25(30)15-8-5-12-19-32-28-33-22-24(23-34-28)21-26(31)16-9-6-13-20-35-36-27-17-10-11-18-29-27/h10-11,17-18,24,28H,2-9,12-16,19-23H2,1H3. The van der Waals surface area contributed by atoms with Crippen LogP contribution in [0.3, 0.4) is 0 Å². The minimum Gasteiger partial charge on any atom is -0.330 e. The first-order valence-electron chi connectivity index (χ1n) is 13.8. The van der Waals surface area contributed by atoms with Gasteiger partial charge in [0.2, 0.25) is 0 Å². The second-order valence-electron chi connectivity index (χ2n) is 9.48. The molecule has 1 aromatic heterocycles. The van der Waals surface area contributed by atoms with Gasteiger partial charge in [-0.2, -0.15) is 0 Å². The lowest BCUT2D eigenvalue weighted by atomic mass is 10.0. The summed E-state index contributed by atoms with van der Waals surface area (Å²) in [5.41, 5.74) is 0. The highest BCUT2D eigenvalue weighted by molar-refractivity contribution is 8.76. The summed E-state index contributed by atoms with van der Waals surface area (Å²) >= 11 is 0. The lowest BCUT2D eigenvalue weighted by Gasteiger charge is -2.28. The largest absolute Gasteiger partial charge is 0.330 e. The van der Waals surface area contributed by atoms with E-state index in [0.717, 1.165) is 62.1 Å². The number of nitrogens with zero attached hydrogens (tertiary/aromatic N) is 1. The molecule has 0 amide bonds. The van der Waals surface area contributed by atoms with Crippen molar-refractivity contribution in [2.24, 2.45) is 5.92 Å². The molecule has 0 aliphatic carbocycles. The van der Waals surface area contributed by atoms with Crippen molar-refractivity contribution in [3.63, 3.8) is 0 Å². The Labute approximate surface area is 225 Å². The average molecular weight is 540 g/mol. The number of aromatic nitrogens is 1. The van der Waals surface area contributed by atoms with E-state index in [9.17, 15) is 9.59 Å². The van der Waals surface area contributed by atoms with E-state index in [2.05, 4.69) is 11.9 Å². The number of unbranched alkanes of at least 4 members (excludes halogenated alkanes) is 7. The van der Waals surface area contributed by atoms with Gasteiger partial charge in [-0.1, -0.05) is 55.9 Å². The smallest absolute Gasteiger partial charge is 0.271 e. The van der Waals surface area contributed by atoms with Crippen LogP contribution in [-0.4, -0.2) is 48.6 Å². The first-order chi connectivity index (χ1) is 17.7. The van der Waals surface area contributed by atoms with Gasteiger partial charge in [-0.05, 0) is 55.0 Å². The van der Waals surface area contributed by atoms with Crippen LogP contribution in [0, 0.1) is 5.92 Å². The summed E-state index contributed by atoms with van der Waals surface area (Å²) in [4.78, 5) is 28.4. The molecule has 204 valence electrons. The Kier molecular flexibility index (Phi) is 18.3. The number of hydrogen-bond donors (Lipinski definition) is 0. The topological polar surface area (TPSA) is 74.7 Å². The molecule has 0 atom stereocenters. The molecular formula is C28H45NO5S2. The van der Waals surface area contributed by atoms with Gasteiger partial charge in [-0.25, -0.2) is 4.98 Å². The molecule has 0 bridgehead atoms. The quantitative estimate of drug-likeness (QED) is 0.111. The van der Waals surface area contributed by atoms with E-state index < -0.39 is 6.48 Å². The van der Waals surface area contributed by atoms with Gasteiger partial charge >= 0.3 is 0 Å². The molecule has 0 N–H and O–H groups in total. The summed E-state index contributed by atoms with van der Waals surface area (Å²) in [5, 5.41) is 1.04. The van der Waals surface area contributed by atoms with Crippen LogP contribution in [-0.2, 0) is 23.8 Å². The van der Waals surface area contributed by atoms with Crippen molar-refractivity contribution in [3.8, 4) is 0 Å². The van der Waals surface area contributed by atoms with Crippen LogP contribution in [0.5, 0.6) is 0 Å². The van der Waals surface area contributed by atoms with E-state index in [1.807, 2.05) is 35.2 Å². The maximum absolute atomic E-state index is 12.3. The van der Waals surface area contributed by atoms with Crippen molar-refractivity contribution < 1.29 is 23.8 Å². The Morgan fingerprint density at radius 3 is 2.31 bits per heavy atom. The summed E-state index contributed by atoms with van der Waals surface area (Å²) in [7, 11) is 3.53. The lowest BCUT2D eigenvalue weighted by Crippen LogP contribution is -2.35. The van der Waals surface area contributed by atoms with Crippen LogP contribution >= 0.6 is 21.6 Å². The van der Waals surface area contributed by atoms with Gasteiger partial charge in [-0.3, -0.25) is 9.59 Å². The number of hydrogen-bond acceptors (Lipinski definition) is 8. The van der Waals surface area contributed by atoms with E-state index in [1.54, 1.807) is 10.8 Å². The van der Waals surface area contributed by atoms with E-state index >= 15 is 0 Å². The van der Waals surface area contributed by atoms with Crippen LogP contribution in [0.4, 0.5) is 0 Å². The fraction of sp³-hybridized carbons (Fsp3) is 0.750. The fourth-order valence-electron chi connectivity index (χ4n) is 3.98.